The van der Waals surface area contributed by atoms with Gasteiger partial charge in [-0.3, -0.25) is 47.9 Å². The molecular formula is C93H79F14KN10O19. The topological polar surface area (TPSA) is 369 Å². The molecule has 4 aliphatic carbocycles. The average Bonchev–Trinajstić information content (AvgIpc) is 1.58. The summed E-state index contributed by atoms with van der Waals surface area (Å²) in [5.74, 6) is -31.9. The van der Waals surface area contributed by atoms with Gasteiger partial charge in [0.15, 0.2) is 45.8 Å². The van der Waals surface area contributed by atoms with Crippen molar-refractivity contribution < 1.29 is 186 Å². The second-order valence-corrected chi connectivity index (χ2v) is 35.2. The van der Waals surface area contributed by atoms with Gasteiger partial charge < -0.3 is 83.1 Å². The van der Waals surface area contributed by atoms with Crippen LogP contribution in [0.1, 0.15) is 169 Å². The van der Waals surface area contributed by atoms with E-state index in [1.165, 1.54) is 39.5 Å². The number of ether oxygens (including phenoxy) is 4. The molecule has 4 saturated heterocycles. The molecular weight excluding hydrogens is 1870 g/mol. The number of carbonyl (C=O) groups excluding carboxylic acids is 7. The summed E-state index contributed by atoms with van der Waals surface area (Å²) in [6.07, 6.45) is 3.31. The van der Waals surface area contributed by atoms with Crippen molar-refractivity contribution in [2.75, 3.05) is 6.61 Å². The third kappa shape index (κ3) is 17.4. The second-order valence-electron chi connectivity index (χ2n) is 35.2. The van der Waals surface area contributed by atoms with Crippen molar-refractivity contribution in [3.05, 3.63) is 289 Å². The van der Waals surface area contributed by atoms with Gasteiger partial charge in [0, 0.05) is 173 Å². The van der Waals surface area contributed by atoms with Crippen LogP contribution < -0.4 is 97.9 Å². The van der Waals surface area contributed by atoms with Crippen LogP contribution in [0.5, 0.6) is 23.0 Å². The number of hydrogen-bond donors (Lipinski definition) is 4. The van der Waals surface area contributed by atoms with Crippen molar-refractivity contribution in [1.82, 2.24) is 48.5 Å². The number of aromatic carboxylic acids is 1. The number of rotatable bonds is 18. The molecule has 8 aliphatic heterocycles. The number of hydrogen-bond acceptors (Lipinski definition) is 18. The van der Waals surface area contributed by atoms with Crippen molar-refractivity contribution in [3.8, 4) is 23.0 Å². The molecule has 5 aromatic carbocycles. The van der Waals surface area contributed by atoms with E-state index in [2.05, 4.69) is 10.6 Å². The molecule has 4 aromatic heterocycles. The SMILES string of the molecule is CCOC(=O)c1cn2c(c(OCc3ccccc3)c1=O)C(=O)N1[C@@H]3CC([C@@H]1C2)C(F)(F)C3.O=C(NCc1c(F)cc(F)cc1F)c1cn2c(c(O)c1=O)C(=O)N1[C@@H]3CC([C@@H]1C2)C(F)(F)C3.O=C(NCc1c(F)cc(F)cc1F)c1cn2c(c(OCc3ccccc3)c1=O)C(=O)N1[C@@H]3CC([C@@H]1C2)C(F)(F)C3.O=C(O)c1cn2c(c(OCc3ccccc3)c1=O)C(=O)N1[C@@H]3CC([C@@H]1C2)C(F)(F)C3.[K+].[OH-]. The maximum Gasteiger partial charge on any atom is 1.00 e. The first-order chi connectivity index (χ1) is 64.1. The van der Waals surface area contributed by atoms with E-state index in [0.717, 1.165) is 34.3 Å². The predicted octanol–water partition coefficient (Wildman–Crippen LogP) is 8.24. The fourth-order valence-electron chi connectivity index (χ4n) is 21.4. The fraction of sp³-hybridized carbons (Fsp3) is 0.376. The quantitative estimate of drug-likeness (QED) is 0.0357. The summed E-state index contributed by atoms with van der Waals surface area (Å²) < 4.78 is 224. The van der Waals surface area contributed by atoms with Crippen LogP contribution in [0.4, 0.5) is 61.5 Å². The van der Waals surface area contributed by atoms with Crippen LogP contribution in [0.3, 0.4) is 0 Å². The molecule has 9 aromatic rings. The molecule has 21 rings (SSSR count). The molecule has 4 saturated carbocycles. The molecule has 137 heavy (non-hydrogen) atoms. The van der Waals surface area contributed by atoms with E-state index in [0.29, 0.717) is 29.8 Å². The number of carboxylic acid groups (broad SMARTS) is 1. The van der Waals surface area contributed by atoms with Gasteiger partial charge in [-0.2, -0.15) is 0 Å². The van der Waals surface area contributed by atoms with Crippen molar-refractivity contribution in [1.29, 1.82) is 0 Å². The molecule has 714 valence electrons. The molecule has 8 bridgehead atoms. The van der Waals surface area contributed by atoms with Crippen LogP contribution in [-0.4, -0.2) is 180 Å². The molecule has 8 fully saturated rings. The maximum absolute atomic E-state index is 14.6. The summed E-state index contributed by atoms with van der Waals surface area (Å²) in [7, 11) is 0. The molecule has 12 heterocycles. The fourth-order valence-corrected chi connectivity index (χ4v) is 21.4. The Balaban J connectivity index is 0.000000132. The number of carbonyl (C=O) groups is 8. The van der Waals surface area contributed by atoms with Gasteiger partial charge in [-0.25, -0.2) is 71.1 Å². The van der Waals surface area contributed by atoms with Crippen LogP contribution in [0.15, 0.2) is 159 Å². The molecule has 0 spiro atoms. The van der Waals surface area contributed by atoms with Crippen molar-refractivity contribution >= 4 is 47.4 Å². The molecule has 0 radical (unpaired) electrons. The maximum atomic E-state index is 14.6. The third-order valence-electron chi connectivity index (χ3n) is 27.4. The molecule has 6 amide bonds. The predicted molar refractivity (Wildman–Crippen MR) is 442 cm³/mol. The number of amides is 6. The molecule has 4 unspecified atom stereocenters. The zero-order valence-corrected chi connectivity index (χ0v) is 75.3. The number of alkyl halides is 8. The van der Waals surface area contributed by atoms with Gasteiger partial charge >= 0.3 is 63.3 Å². The van der Waals surface area contributed by atoms with Crippen molar-refractivity contribution in [2.24, 2.45) is 23.7 Å². The number of carboxylic acids is 1. The minimum atomic E-state index is -2.95. The largest absolute Gasteiger partial charge is 1.00 e. The summed E-state index contributed by atoms with van der Waals surface area (Å²) >= 11 is 0. The first kappa shape index (κ1) is 97.6. The van der Waals surface area contributed by atoms with Gasteiger partial charge in [-0.05, 0) is 49.3 Å². The Morgan fingerprint density at radius 1 is 0.401 bits per heavy atom. The molecule has 44 heteroatoms. The van der Waals surface area contributed by atoms with Crippen molar-refractivity contribution in [2.45, 2.75) is 189 Å². The van der Waals surface area contributed by atoms with Gasteiger partial charge in [-0.1, -0.05) is 91.0 Å². The smallest absolute Gasteiger partial charge is 0.870 e. The van der Waals surface area contributed by atoms with Gasteiger partial charge in [0.25, 0.3) is 59.1 Å². The second kappa shape index (κ2) is 37.1. The Kier molecular flexibility index (Phi) is 26.4. The number of nitrogens with zero attached hydrogens (tertiary/aromatic N) is 8. The molecule has 5 N–H and O–H groups in total. The van der Waals surface area contributed by atoms with Gasteiger partial charge in [-0.15, -0.1) is 0 Å². The van der Waals surface area contributed by atoms with E-state index >= 15 is 0 Å². The summed E-state index contributed by atoms with van der Waals surface area (Å²) in [5, 5.41) is 24.1. The Bertz CT molecular complexity index is 6670. The number of halogens is 14. The molecule has 29 nitrogen and oxygen atoms in total. The van der Waals surface area contributed by atoms with Crippen LogP contribution >= 0.6 is 0 Å². The van der Waals surface area contributed by atoms with E-state index < -0.39 is 277 Å². The average molecular weight is 1950 g/mol. The molecule has 12 atom stereocenters. The number of benzene rings is 5. The summed E-state index contributed by atoms with van der Waals surface area (Å²) in [6, 6.07) is 22.8. The Labute approximate surface area is 807 Å². The zero-order chi connectivity index (χ0) is 96.0. The van der Waals surface area contributed by atoms with E-state index in [1.807, 2.05) is 24.3 Å². The minimum Gasteiger partial charge on any atom is -0.870 e. The summed E-state index contributed by atoms with van der Waals surface area (Å²) in [4.78, 5) is 160. The number of nitrogens with one attached hydrogen (secondary N) is 2. The number of piperidine rings is 4. The first-order valence-corrected chi connectivity index (χ1v) is 43.0. The van der Waals surface area contributed by atoms with Gasteiger partial charge in [0.1, 0.15) is 77.0 Å². The monoisotopic (exact) mass is 1940 g/mol. The van der Waals surface area contributed by atoms with E-state index in [-0.39, 0.29) is 176 Å². The first-order valence-electron chi connectivity index (χ1n) is 43.0. The zero-order valence-electron chi connectivity index (χ0n) is 72.2. The van der Waals surface area contributed by atoms with E-state index in [1.54, 1.807) is 73.7 Å². The number of aromatic nitrogens is 4. The molecule has 12 aliphatic rings. The number of pyridine rings is 4. The standard InChI is InChI=1S/C28H22F5N3O4.C23H22F2N2O5.C21H16F5N3O4.C21H18F2N2O5.K.H2O/c29-15-6-20(30)17(21(31)7-15)10-34-26(38)18-11-35-12-22-19-8-16(9-28(19,32)33)36(22)27(39)23(35)25(24(18)37)40-13-14-4-2-1-3-5-14;1-2-31-22(30)15-10-26-11-17-16-8-14(9-23(16,24)25)27(17)21(29)18(26)20(19(15)28)32-12-13-6-4-3-5-7-13;22-8-1-13(23)10(14(24)2-8)5-27-19(32)11-6-28-7-15-12-3-9(4-21(12,25)26)29(15)20(33)16(28)18(31)17(11)30;22-21(23)7-12-6-14(21)15-9-24-8-13(20(28)29)17(26)18(16(24)19(27)25(12)15)30-10-11-4-2-1-3-5-11;;/h1-7,11,16,19,22H,8-10,12-13H2,(H,34,38);3-7,10,14,16-17H,2,8-9,11-12H2,1H3;1-2,6,9,12,15,31H,3-5,7H2,(H,27,32);1-5,8,12,14-15H,6-7,9-10H2,(H,28,29);;1H2/q;;;;+1;/p-1/t16-,19?,22+;14-,16?,17+;9-,12?,15+;12-,14?,15+;;/m1111../s1. The summed E-state index contributed by atoms with van der Waals surface area (Å²) in [5.41, 5.74) is -5.51. The van der Waals surface area contributed by atoms with Crippen LogP contribution in [0.25, 0.3) is 0 Å². The summed E-state index contributed by atoms with van der Waals surface area (Å²) in [6.45, 7) is -0.108. The van der Waals surface area contributed by atoms with E-state index in [9.17, 15) is 129 Å². The van der Waals surface area contributed by atoms with Crippen LogP contribution in [0.2, 0.25) is 0 Å². The van der Waals surface area contributed by atoms with Crippen LogP contribution in [-0.2, 0) is 63.8 Å². The third-order valence-corrected chi connectivity index (χ3v) is 27.4. The normalized spacial score (nSPS) is 23.8. The van der Waals surface area contributed by atoms with Gasteiger partial charge in [0.05, 0.1) is 30.8 Å². The Morgan fingerprint density at radius 2 is 0.672 bits per heavy atom. The van der Waals surface area contributed by atoms with Gasteiger partial charge in [0.2, 0.25) is 21.7 Å². The van der Waals surface area contributed by atoms with Crippen molar-refractivity contribution in [3.63, 3.8) is 0 Å². The Hall–Kier alpha value is -12.5. The minimum absolute atomic E-state index is 0. The Morgan fingerprint density at radius 3 is 0.978 bits per heavy atom. The number of aromatic hydroxyl groups is 1. The van der Waals surface area contributed by atoms with E-state index in [4.69, 9.17) is 18.9 Å². The van der Waals surface area contributed by atoms with Crippen LogP contribution in [0, 0.1) is 58.6 Å². The number of fused-ring (bicyclic) bond motifs is 24. The number of esters is 1.